The molecule has 0 saturated carbocycles. The Balaban J connectivity index is 1.48. The number of anilines is 1. The zero-order chi connectivity index (χ0) is 22.0. The van der Waals surface area contributed by atoms with Gasteiger partial charge in [0.15, 0.2) is 11.5 Å². The number of halogens is 1. The number of nitrogens with one attached hydrogen (secondary N) is 1. The van der Waals surface area contributed by atoms with Crippen LogP contribution < -0.4 is 14.8 Å². The van der Waals surface area contributed by atoms with Crippen molar-refractivity contribution in [1.82, 2.24) is 4.98 Å². The van der Waals surface area contributed by atoms with Crippen LogP contribution in [0, 0.1) is 6.92 Å². The first-order valence-corrected chi connectivity index (χ1v) is 11.8. The Morgan fingerprint density at radius 2 is 1.81 bits per heavy atom. The van der Waals surface area contributed by atoms with E-state index in [1.807, 2.05) is 26.0 Å². The largest absolute Gasteiger partial charge is 0.493 e. The molecule has 0 amide bonds. The van der Waals surface area contributed by atoms with Crippen LogP contribution in [0.1, 0.15) is 25.0 Å². The van der Waals surface area contributed by atoms with Crippen LogP contribution in [0.4, 0.5) is 5.69 Å². The number of methoxy groups -OCH3 is 1. The number of hydrogen-bond donors (Lipinski definition) is 1. The molecule has 0 saturated heterocycles. The van der Waals surface area contributed by atoms with Crippen LogP contribution in [0.2, 0.25) is 0 Å². The fourth-order valence-corrected chi connectivity index (χ4v) is 4.83. The third-order valence-electron chi connectivity index (χ3n) is 4.85. The van der Waals surface area contributed by atoms with Gasteiger partial charge in [0, 0.05) is 22.3 Å². The number of nitrogens with zero attached hydrogens (tertiary/aromatic N) is 1. The van der Waals surface area contributed by atoms with Gasteiger partial charge in [0.25, 0.3) is 0 Å². The van der Waals surface area contributed by atoms with Crippen molar-refractivity contribution in [2.45, 2.75) is 33.4 Å². The van der Waals surface area contributed by atoms with E-state index in [0.717, 1.165) is 43.3 Å². The molecule has 31 heavy (non-hydrogen) atoms. The summed E-state index contributed by atoms with van der Waals surface area (Å²) in [7, 11) is 1.66. The standard InChI is InChI=1S/C25H25BrN2O2S/c1-15(2)30-23-13-20(26)18(12-22(23)29-4)14-27-19-8-6-17(7-9-19)25-28-21-10-5-16(3)11-24(21)31-25/h5-13,15,27H,14H2,1-4H3. The minimum Gasteiger partial charge on any atom is -0.493 e. The van der Waals surface area contributed by atoms with Crippen molar-refractivity contribution in [1.29, 1.82) is 0 Å². The van der Waals surface area contributed by atoms with Crippen molar-refractivity contribution in [3.05, 3.63) is 70.2 Å². The average Bonchev–Trinajstić information content (AvgIpc) is 3.16. The number of thiazole rings is 1. The minimum atomic E-state index is 0.0859. The maximum Gasteiger partial charge on any atom is 0.162 e. The smallest absolute Gasteiger partial charge is 0.162 e. The summed E-state index contributed by atoms with van der Waals surface area (Å²) in [4.78, 5) is 4.77. The summed E-state index contributed by atoms with van der Waals surface area (Å²) in [6, 6.07) is 18.8. The van der Waals surface area contributed by atoms with E-state index >= 15 is 0 Å². The molecule has 4 nitrogen and oxygen atoms in total. The fourth-order valence-electron chi connectivity index (χ4n) is 3.30. The molecule has 0 fully saturated rings. The first-order valence-electron chi connectivity index (χ1n) is 10.2. The molecule has 1 aromatic heterocycles. The quantitative estimate of drug-likeness (QED) is 0.288. The number of benzene rings is 3. The molecule has 0 spiro atoms. The van der Waals surface area contributed by atoms with Crippen LogP contribution in [0.25, 0.3) is 20.8 Å². The van der Waals surface area contributed by atoms with E-state index in [1.165, 1.54) is 10.3 Å². The van der Waals surface area contributed by atoms with Gasteiger partial charge < -0.3 is 14.8 Å². The van der Waals surface area contributed by atoms with Crippen LogP contribution >= 0.6 is 27.3 Å². The van der Waals surface area contributed by atoms with E-state index in [0.29, 0.717) is 6.54 Å². The number of hydrogen-bond acceptors (Lipinski definition) is 5. The van der Waals surface area contributed by atoms with Gasteiger partial charge in [-0.25, -0.2) is 4.98 Å². The van der Waals surface area contributed by atoms with Gasteiger partial charge in [-0.1, -0.05) is 22.0 Å². The highest BCUT2D eigenvalue weighted by Gasteiger charge is 2.12. The Bertz CT molecular complexity index is 1200. The van der Waals surface area contributed by atoms with Gasteiger partial charge in [-0.15, -0.1) is 11.3 Å². The molecule has 0 atom stereocenters. The average molecular weight is 497 g/mol. The number of fused-ring (bicyclic) bond motifs is 1. The van der Waals surface area contributed by atoms with Crippen LogP contribution in [-0.4, -0.2) is 18.2 Å². The van der Waals surface area contributed by atoms with E-state index < -0.39 is 0 Å². The lowest BCUT2D eigenvalue weighted by atomic mass is 10.1. The monoisotopic (exact) mass is 496 g/mol. The van der Waals surface area contributed by atoms with Gasteiger partial charge in [0.05, 0.1) is 23.4 Å². The van der Waals surface area contributed by atoms with Crippen molar-refractivity contribution >= 4 is 43.2 Å². The first kappa shape index (κ1) is 21.7. The van der Waals surface area contributed by atoms with Gasteiger partial charge in [0.2, 0.25) is 0 Å². The maximum atomic E-state index is 5.84. The van der Waals surface area contributed by atoms with Crippen LogP contribution in [0.15, 0.2) is 59.1 Å². The van der Waals surface area contributed by atoms with E-state index in [2.05, 4.69) is 70.6 Å². The van der Waals surface area contributed by atoms with E-state index in [4.69, 9.17) is 14.5 Å². The highest BCUT2D eigenvalue weighted by molar-refractivity contribution is 9.10. The summed E-state index contributed by atoms with van der Waals surface area (Å²) < 4.78 is 13.6. The summed E-state index contributed by atoms with van der Waals surface area (Å²) in [5, 5.41) is 4.52. The highest BCUT2D eigenvalue weighted by Crippen LogP contribution is 2.35. The molecule has 4 aromatic rings. The van der Waals surface area contributed by atoms with E-state index in [1.54, 1.807) is 18.4 Å². The summed E-state index contributed by atoms with van der Waals surface area (Å²) >= 11 is 5.38. The Morgan fingerprint density at radius 1 is 1.03 bits per heavy atom. The Kier molecular flexibility index (Phi) is 6.49. The Morgan fingerprint density at radius 3 is 2.52 bits per heavy atom. The number of aromatic nitrogens is 1. The zero-order valence-electron chi connectivity index (χ0n) is 18.0. The van der Waals surface area contributed by atoms with Crippen LogP contribution in [0.3, 0.4) is 0 Å². The predicted octanol–water partition coefficient (Wildman–Crippen LogP) is 7.44. The van der Waals surface area contributed by atoms with E-state index in [-0.39, 0.29) is 6.10 Å². The summed E-state index contributed by atoms with van der Waals surface area (Å²) in [5.74, 6) is 1.47. The van der Waals surface area contributed by atoms with Gasteiger partial charge in [-0.3, -0.25) is 0 Å². The molecule has 0 unspecified atom stereocenters. The van der Waals surface area contributed by atoms with Gasteiger partial charge in [-0.2, -0.15) is 0 Å². The van der Waals surface area contributed by atoms with Crippen LogP contribution in [-0.2, 0) is 6.54 Å². The Hall–Kier alpha value is -2.57. The van der Waals surface area contributed by atoms with Gasteiger partial charge in [-0.05, 0) is 80.4 Å². The van der Waals surface area contributed by atoms with E-state index in [9.17, 15) is 0 Å². The normalized spacial score (nSPS) is 11.2. The van der Waals surface area contributed by atoms with Gasteiger partial charge >= 0.3 is 0 Å². The molecule has 0 aliphatic rings. The predicted molar refractivity (Wildman–Crippen MR) is 134 cm³/mol. The lowest BCUT2D eigenvalue weighted by molar-refractivity contribution is 0.230. The number of aryl methyl sites for hydroxylation is 1. The summed E-state index contributed by atoms with van der Waals surface area (Å²) in [6.45, 7) is 6.78. The van der Waals surface area contributed by atoms with Crippen molar-refractivity contribution in [2.75, 3.05) is 12.4 Å². The molecular weight excluding hydrogens is 472 g/mol. The van der Waals surface area contributed by atoms with Gasteiger partial charge in [0.1, 0.15) is 5.01 Å². The molecule has 0 bridgehead atoms. The minimum absolute atomic E-state index is 0.0859. The molecular formula is C25H25BrN2O2S. The lowest BCUT2D eigenvalue weighted by Gasteiger charge is -2.16. The second-order valence-electron chi connectivity index (χ2n) is 7.68. The van der Waals surface area contributed by atoms with Crippen molar-refractivity contribution in [3.63, 3.8) is 0 Å². The number of rotatable bonds is 7. The second-order valence-corrected chi connectivity index (χ2v) is 9.57. The summed E-state index contributed by atoms with van der Waals surface area (Å²) in [6.07, 6.45) is 0.0859. The first-order chi connectivity index (χ1) is 14.9. The Labute approximate surface area is 195 Å². The molecule has 0 radical (unpaired) electrons. The third-order valence-corrected chi connectivity index (χ3v) is 6.66. The third kappa shape index (κ3) is 5.02. The molecule has 1 N–H and O–H groups in total. The zero-order valence-corrected chi connectivity index (χ0v) is 20.4. The van der Waals surface area contributed by atoms with Crippen LogP contribution in [0.5, 0.6) is 11.5 Å². The second kappa shape index (κ2) is 9.28. The molecule has 6 heteroatoms. The maximum absolute atomic E-state index is 5.84. The summed E-state index contributed by atoms with van der Waals surface area (Å²) in [5.41, 5.74) is 5.58. The fraction of sp³-hybridized carbons (Fsp3) is 0.240. The van der Waals surface area contributed by atoms with Crippen molar-refractivity contribution < 1.29 is 9.47 Å². The molecule has 1 heterocycles. The molecule has 4 rings (SSSR count). The van der Waals surface area contributed by atoms with Crippen molar-refractivity contribution in [2.24, 2.45) is 0 Å². The molecule has 160 valence electrons. The molecule has 0 aliphatic carbocycles. The lowest BCUT2D eigenvalue weighted by Crippen LogP contribution is -2.08. The van der Waals surface area contributed by atoms with Crippen molar-refractivity contribution in [3.8, 4) is 22.1 Å². The molecule has 3 aromatic carbocycles. The number of ether oxygens (including phenoxy) is 2. The molecule has 0 aliphatic heterocycles. The topological polar surface area (TPSA) is 43.4 Å². The SMILES string of the molecule is COc1cc(CNc2ccc(-c3nc4ccc(C)cc4s3)cc2)c(Br)cc1OC(C)C. The highest BCUT2D eigenvalue weighted by atomic mass is 79.9.